The van der Waals surface area contributed by atoms with Crippen LogP contribution in [0.5, 0.6) is 0 Å². The van der Waals surface area contributed by atoms with Gasteiger partial charge in [0, 0.05) is 6.92 Å². The first-order chi connectivity index (χ1) is 6.68. The molecule has 0 spiro atoms. The van der Waals surface area contributed by atoms with E-state index in [0.29, 0.717) is 11.8 Å². The molecule has 1 aliphatic heterocycles. The van der Waals surface area contributed by atoms with Gasteiger partial charge in [-0.15, -0.1) is 0 Å². The van der Waals surface area contributed by atoms with E-state index in [2.05, 4.69) is 4.99 Å². The summed E-state index contributed by atoms with van der Waals surface area (Å²) in [4.78, 5) is 14.9. The zero-order valence-electron chi connectivity index (χ0n) is 8.27. The Kier molecular flexibility index (Phi) is 2.44. The third-order valence-electron chi connectivity index (χ3n) is 3.06. The van der Waals surface area contributed by atoms with Crippen molar-refractivity contribution in [1.29, 1.82) is 0 Å². The molecule has 0 aromatic rings. The van der Waals surface area contributed by atoms with Gasteiger partial charge in [0.25, 0.3) is 0 Å². The van der Waals surface area contributed by atoms with Crippen LogP contribution in [0.25, 0.3) is 0 Å². The summed E-state index contributed by atoms with van der Waals surface area (Å²) >= 11 is 0. The van der Waals surface area contributed by atoms with Crippen molar-refractivity contribution in [2.75, 3.05) is 0 Å². The highest BCUT2D eigenvalue weighted by atomic mass is 16.5. The molecule has 2 rings (SSSR count). The monoisotopic (exact) mass is 197 g/mol. The molecule has 14 heavy (non-hydrogen) atoms. The van der Waals surface area contributed by atoms with Crippen LogP contribution in [0.3, 0.4) is 0 Å². The molecule has 0 saturated heterocycles. The summed E-state index contributed by atoms with van der Waals surface area (Å²) in [7, 11) is 0. The van der Waals surface area contributed by atoms with Gasteiger partial charge in [0.1, 0.15) is 6.10 Å². The molecule has 1 saturated carbocycles. The van der Waals surface area contributed by atoms with Gasteiger partial charge in [0.15, 0.2) is 11.9 Å². The van der Waals surface area contributed by atoms with Gasteiger partial charge in [-0.25, -0.2) is 9.79 Å². The highest BCUT2D eigenvalue weighted by Gasteiger charge is 2.41. The molecule has 4 heteroatoms. The van der Waals surface area contributed by atoms with Crippen LogP contribution in [0, 0.1) is 5.92 Å². The van der Waals surface area contributed by atoms with E-state index in [9.17, 15) is 4.79 Å². The third kappa shape index (κ3) is 1.61. The van der Waals surface area contributed by atoms with E-state index in [1.54, 1.807) is 6.92 Å². The number of nitrogens with zero attached hydrogens (tertiary/aromatic N) is 1. The first-order valence-corrected chi connectivity index (χ1v) is 5.12. The molecule has 2 aliphatic rings. The average molecular weight is 197 g/mol. The topological polar surface area (TPSA) is 58.9 Å². The van der Waals surface area contributed by atoms with Crippen molar-refractivity contribution >= 4 is 11.9 Å². The lowest BCUT2D eigenvalue weighted by Crippen LogP contribution is -2.35. The Labute approximate surface area is 83.0 Å². The largest absolute Gasteiger partial charge is 0.480 e. The number of aliphatic imine (C=N–C) groups is 1. The molecule has 78 valence electrons. The Balaban J connectivity index is 2.08. The molecule has 0 aromatic carbocycles. The molecular formula is C10H15NO3. The molecule has 1 aliphatic carbocycles. The predicted octanol–water partition coefficient (Wildman–Crippen LogP) is 1.45. The number of hydrogen-bond acceptors (Lipinski definition) is 3. The van der Waals surface area contributed by atoms with Crippen LogP contribution in [0.1, 0.15) is 32.6 Å². The Morgan fingerprint density at radius 2 is 2.14 bits per heavy atom. The number of carbonyl (C=O) groups is 1. The van der Waals surface area contributed by atoms with Crippen molar-refractivity contribution in [3.63, 3.8) is 0 Å². The second-order valence-electron chi connectivity index (χ2n) is 4.06. The van der Waals surface area contributed by atoms with Crippen molar-refractivity contribution in [1.82, 2.24) is 0 Å². The normalized spacial score (nSPS) is 32.8. The van der Waals surface area contributed by atoms with Crippen LogP contribution in [0.2, 0.25) is 0 Å². The fourth-order valence-electron chi connectivity index (χ4n) is 2.40. The smallest absolute Gasteiger partial charge is 0.332 e. The van der Waals surface area contributed by atoms with Crippen LogP contribution < -0.4 is 0 Å². The zero-order valence-corrected chi connectivity index (χ0v) is 8.27. The van der Waals surface area contributed by atoms with Gasteiger partial charge in [-0.05, 0) is 18.8 Å². The Morgan fingerprint density at radius 3 is 2.71 bits per heavy atom. The number of rotatable bonds is 2. The van der Waals surface area contributed by atoms with Gasteiger partial charge in [-0.2, -0.15) is 0 Å². The minimum atomic E-state index is -0.862. The van der Waals surface area contributed by atoms with E-state index in [-0.39, 0.29) is 6.10 Å². The molecular weight excluding hydrogens is 182 g/mol. The summed E-state index contributed by atoms with van der Waals surface area (Å²) in [6, 6.07) is -0.668. The number of carboxylic acids is 1. The van der Waals surface area contributed by atoms with Gasteiger partial charge in [0.05, 0.1) is 0 Å². The maximum absolute atomic E-state index is 10.9. The summed E-state index contributed by atoms with van der Waals surface area (Å²) in [5.41, 5.74) is 0. The SMILES string of the molecule is CC1=NC(C(=O)O)C(C2CCCC2)O1. The maximum Gasteiger partial charge on any atom is 0.332 e. The minimum Gasteiger partial charge on any atom is -0.480 e. The van der Waals surface area contributed by atoms with E-state index < -0.39 is 12.0 Å². The average Bonchev–Trinajstić information content (AvgIpc) is 2.70. The first kappa shape index (κ1) is 9.49. The molecule has 2 atom stereocenters. The lowest BCUT2D eigenvalue weighted by atomic mass is 9.95. The van der Waals surface area contributed by atoms with Crippen LogP contribution >= 0.6 is 0 Å². The predicted molar refractivity (Wildman–Crippen MR) is 51.4 cm³/mol. The fraction of sp³-hybridized carbons (Fsp3) is 0.800. The minimum absolute atomic E-state index is 0.213. The van der Waals surface area contributed by atoms with Crippen molar-refractivity contribution in [2.45, 2.75) is 44.8 Å². The van der Waals surface area contributed by atoms with Crippen molar-refractivity contribution < 1.29 is 14.6 Å². The zero-order chi connectivity index (χ0) is 10.1. The second kappa shape index (κ2) is 3.59. The number of aliphatic carboxylic acids is 1. The first-order valence-electron chi connectivity index (χ1n) is 5.12. The molecule has 1 N–H and O–H groups in total. The Hall–Kier alpha value is -1.06. The van der Waals surface area contributed by atoms with Gasteiger partial charge in [-0.3, -0.25) is 0 Å². The molecule has 4 nitrogen and oxygen atoms in total. The molecule has 0 bridgehead atoms. The van der Waals surface area contributed by atoms with Gasteiger partial charge < -0.3 is 9.84 Å². The summed E-state index contributed by atoms with van der Waals surface area (Å²) < 4.78 is 5.49. The van der Waals surface area contributed by atoms with E-state index >= 15 is 0 Å². The summed E-state index contributed by atoms with van der Waals surface area (Å²) in [6.45, 7) is 1.73. The van der Waals surface area contributed by atoms with E-state index in [1.165, 1.54) is 12.8 Å². The van der Waals surface area contributed by atoms with E-state index in [1.807, 2.05) is 0 Å². The lowest BCUT2D eigenvalue weighted by molar-refractivity contribution is -0.140. The van der Waals surface area contributed by atoms with E-state index in [0.717, 1.165) is 12.8 Å². The van der Waals surface area contributed by atoms with Crippen molar-refractivity contribution in [2.24, 2.45) is 10.9 Å². The second-order valence-corrected chi connectivity index (χ2v) is 4.06. The van der Waals surface area contributed by atoms with Gasteiger partial charge in [0.2, 0.25) is 0 Å². The standard InChI is InChI=1S/C10H15NO3/c1-6-11-8(10(12)13)9(14-6)7-4-2-3-5-7/h7-9H,2-5H2,1H3,(H,12,13). The number of hydrogen-bond donors (Lipinski definition) is 1. The van der Waals surface area contributed by atoms with Crippen LogP contribution in [0.15, 0.2) is 4.99 Å². The quantitative estimate of drug-likeness (QED) is 0.728. The third-order valence-corrected chi connectivity index (χ3v) is 3.06. The van der Waals surface area contributed by atoms with Crippen LogP contribution in [-0.4, -0.2) is 29.1 Å². The molecule has 0 aromatic heterocycles. The molecule has 1 fully saturated rings. The fourth-order valence-corrected chi connectivity index (χ4v) is 2.40. The van der Waals surface area contributed by atoms with Gasteiger partial charge in [-0.1, -0.05) is 12.8 Å². The Bertz CT molecular complexity index is 269. The van der Waals surface area contributed by atoms with Crippen LogP contribution in [-0.2, 0) is 9.53 Å². The van der Waals surface area contributed by atoms with Gasteiger partial charge >= 0.3 is 5.97 Å². The highest BCUT2D eigenvalue weighted by molar-refractivity contribution is 5.84. The molecule has 2 unspecified atom stereocenters. The maximum atomic E-state index is 10.9. The van der Waals surface area contributed by atoms with Crippen molar-refractivity contribution in [3.8, 4) is 0 Å². The highest BCUT2D eigenvalue weighted by Crippen LogP contribution is 2.33. The van der Waals surface area contributed by atoms with Crippen LogP contribution in [0.4, 0.5) is 0 Å². The van der Waals surface area contributed by atoms with Crippen molar-refractivity contribution in [3.05, 3.63) is 0 Å². The Morgan fingerprint density at radius 1 is 1.50 bits per heavy atom. The molecule has 0 radical (unpaired) electrons. The van der Waals surface area contributed by atoms with E-state index in [4.69, 9.17) is 9.84 Å². The summed E-state index contributed by atoms with van der Waals surface area (Å²) in [5, 5.41) is 8.97. The summed E-state index contributed by atoms with van der Waals surface area (Å²) in [6.07, 6.45) is 4.33. The lowest BCUT2D eigenvalue weighted by Gasteiger charge is -2.20. The molecule has 1 heterocycles. The summed E-state index contributed by atoms with van der Waals surface area (Å²) in [5.74, 6) is 0.0466. The molecule has 0 amide bonds. The number of carboxylic acid groups (broad SMARTS) is 1. The number of ether oxygens (including phenoxy) is 1.